The molecule has 0 radical (unpaired) electrons. The van der Waals surface area contributed by atoms with Crippen LogP contribution < -0.4 is 10.6 Å². The van der Waals surface area contributed by atoms with Gasteiger partial charge in [-0.3, -0.25) is 9.59 Å². The third kappa shape index (κ3) is 4.38. The quantitative estimate of drug-likeness (QED) is 0.727. The summed E-state index contributed by atoms with van der Waals surface area (Å²) in [6, 6.07) is 14.8. The van der Waals surface area contributed by atoms with E-state index in [2.05, 4.69) is 20.9 Å². The number of carbonyl (C=O) groups is 2. The standard InChI is InChI=1S/C20H21N5O2/c1-13(2)19(26)21-15-10-9-14(3)17(11-15)22-20(27)18-12-25(24-23-18)16-7-5-4-6-8-16/h4-13H,1-3H3,(H,21,26)(H,22,27). The van der Waals surface area contributed by atoms with Gasteiger partial charge in [0.2, 0.25) is 5.91 Å². The topological polar surface area (TPSA) is 88.9 Å². The van der Waals surface area contributed by atoms with Crippen molar-refractivity contribution in [3.05, 3.63) is 66.0 Å². The Morgan fingerprint density at radius 3 is 2.48 bits per heavy atom. The van der Waals surface area contributed by atoms with Crippen molar-refractivity contribution < 1.29 is 9.59 Å². The normalized spacial score (nSPS) is 10.7. The highest BCUT2D eigenvalue weighted by Gasteiger charge is 2.14. The number of nitrogens with zero attached hydrogens (tertiary/aromatic N) is 3. The lowest BCUT2D eigenvalue weighted by Gasteiger charge is -2.12. The zero-order chi connectivity index (χ0) is 19.4. The molecule has 0 aliphatic rings. The van der Waals surface area contributed by atoms with Crippen LogP contribution in [0.2, 0.25) is 0 Å². The van der Waals surface area contributed by atoms with E-state index in [9.17, 15) is 9.59 Å². The molecule has 2 amide bonds. The van der Waals surface area contributed by atoms with Crippen LogP contribution in [0.15, 0.2) is 54.7 Å². The molecule has 1 heterocycles. The van der Waals surface area contributed by atoms with Gasteiger partial charge in [-0.2, -0.15) is 0 Å². The van der Waals surface area contributed by atoms with Gasteiger partial charge in [-0.1, -0.05) is 43.3 Å². The first-order chi connectivity index (χ1) is 12.9. The maximum Gasteiger partial charge on any atom is 0.277 e. The zero-order valence-electron chi connectivity index (χ0n) is 15.4. The Morgan fingerprint density at radius 2 is 1.78 bits per heavy atom. The van der Waals surface area contributed by atoms with Gasteiger partial charge in [0.05, 0.1) is 11.9 Å². The summed E-state index contributed by atoms with van der Waals surface area (Å²) in [5.41, 5.74) is 3.13. The Morgan fingerprint density at radius 1 is 1.04 bits per heavy atom. The van der Waals surface area contributed by atoms with Crippen molar-refractivity contribution in [2.45, 2.75) is 20.8 Å². The molecule has 7 heteroatoms. The zero-order valence-corrected chi connectivity index (χ0v) is 15.4. The Bertz CT molecular complexity index is 964. The third-order valence-corrected chi connectivity index (χ3v) is 4.02. The van der Waals surface area contributed by atoms with E-state index < -0.39 is 0 Å². The van der Waals surface area contributed by atoms with Crippen molar-refractivity contribution >= 4 is 23.2 Å². The average molecular weight is 363 g/mol. The van der Waals surface area contributed by atoms with E-state index >= 15 is 0 Å². The van der Waals surface area contributed by atoms with Crippen LogP contribution in [-0.2, 0) is 4.79 Å². The molecule has 0 aliphatic heterocycles. The van der Waals surface area contributed by atoms with Gasteiger partial charge in [-0.25, -0.2) is 4.68 Å². The van der Waals surface area contributed by atoms with Crippen LogP contribution in [-0.4, -0.2) is 26.8 Å². The molecule has 1 aromatic heterocycles. The molecule has 2 N–H and O–H groups in total. The molecule has 0 saturated heterocycles. The average Bonchev–Trinajstić information content (AvgIpc) is 3.15. The number of carbonyl (C=O) groups excluding carboxylic acids is 2. The fourth-order valence-corrected chi connectivity index (χ4v) is 2.38. The van der Waals surface area contributed by atoms with Crippen molar-refractivity contribution in [1.82, 2.24) is 15.0 Å². The molecule has 0 saturated carbocycles. The predicted molar refractivity (Wildman–Crippen MR) is 104 cm³/mol. The molecule has 0 unspecified atom stereocenters. The minimum Gasteiger partial charge on any atom is -0.326 e. The van der Waals surface area contributed by atoms with E-state index in [-0.39, 0.29) is 23.4 Å². The highest BCUT2D eigenvalue weighted by Crippen LogP contribution is 2.21. The van der Waals surface area contributed by atoms with Crippen molar-refractivity contribution in [2.24, 2.45) is 5.92 Å². The lowest BCUT2D eigenvalue weighted by atomic mass is 10.1. The van der Waals surface area contributed by atoms with Crippen LogP contribution in [0.4, 0.5) is 11.4 Å². The molecule has 138 valence electrons. The molecule has 0 aliphatic carbocycles. The fourth-order valence-electron chi connectivity index (χ4n) is 2.38. The van der Waals surface area contributed by atoms with Crippen LogP contribution in [0.25, 0.3) is 5.69 Å². The molecule has 0 fully saturated rings. The Hall–Kier alpha value is -3.48. The van der Waals surface area contributed by atoms with Gasteiger partial charge in [0.1, 0.15) is 0 Å². The number of amides is 2. The van der Waals surface area contributed by atoms with Crippen LogP contribution in [0.5, 0.6) is 0 Å². The molecule has 0 atom stereocenters. The maximum atomic E-state index is 12.5. The number of aryl methyl sites for hydroxylation is 1. The first kappa shape index (κ1) is 18.3. The predicted octanol–water partition coefficient (Wildman–Crippen LogP) is 3.42. The highest BCUT2D eigenvalue weighted by atomic mass is 16.2. The second kappa shape index (κ2) is 7.82. The second-order valence-corrected chi connectivity index (χ2v) is 6.51. The van der Waals surface area contributed by atoms with Crippen LogP contribution in [0.1, 0.15) is 29.9 Å². The van der Waals surface area contributed by atoms with Gasteiger partial charge >= 0.3 is 0 Å². The summed E-state index contributed by atoms with van der Waals surface area (Å²) in [5, 5.41) is 13.6. The van der Waals surface area contributed by atoms with E-state index in [4.69, 9.17) is 0 Å². The van der Waals surface area contributed by atoms with E-state index in [1.54, 1.807) is 23.0 Å². The van der Waals surface area contributed by atoms with E-state index in [1.165, 1.54) is 0 Å². The van der Waals surface area contributed by atoms with Crippen molar-refractivity contribution in [1.29, 1.82) is 0 Å². The van der Waals surface area contributed by atoms with Crippen molar-refractivity contribution in [2.75, 3.05) is 10.6 Å². The summed E-state index contributed by atoms with van der Waals surface area (Å²) in [6.45, 7) is 5.52. The van der Waals surface area contributed by atoms with Gasteiger partial charge in [0.25, 0.3) is 5.91 Å². The number of hydrogen-bond donors (Lipinski definition) is 2. The summed E-state index contributed by atoms with van der Waals surface area (Å²) in [5.74, 6) is -0.577. The first-order valence-electron chi connectivity index (χ1n) is 8.64. The molecular weight excluding hydrogens is 342 g/mol. The van der Waals surface area contributed by atoms with E-state index in [1.807, 2.05) is 57.2 Å². The Kier molecular flexibility index (Phi) is 5.30. The van der Waals surface area contributed by atoms with Crippen LogP contribution in [0.3, 0.4) is 0 Å². The second-order valence-electron chi connectivity index (χ2n) is 6.51. The van der Waals surface area contributed by atoms with Gasteiger partial charge in [0.15, 0.2) is 5.69 Å². The van der Waals surface area contributed by atoms with Crippen molar-refractivity contribution in [3.8, 4) is 5.69 Å². The molecule has 7 nitrogen and oxygen atoms in total. The number of aromatic nitrogens is 3. The lowest BCUT2D eigenvalue weighted by molar-refractivity contribution is -0.118. The first-order valence-corrected chi connectivity index (χ1v) is 8.64. The minimum atomic E-state index is -0.368. The molecule has 2 aromatic carbocycles. The number of nitrogens with one attached hydrogen (secondary N) is 2. The maximum absolute atomic E-state index is 12.5. The highest BCUT2D eigenvalue weighted by molar-refractivity contribution is 6.03. The fraction of sp³-hybridized carbons (Fsp3) is 0.200. The summed E-state index contributed by atoms with van der Waals surface area (Å²) in [4.78, 5) is 24.4. The van der Waals surface area contributed by atoms with E-state index in [0.717, 1.165) is 11.3 Å². The number of rotatable bonds is 5. The summed E-state index contributed by atoms with van der Waals surface area (Å²) >= 11 is 0. The molecule has 3 aromatic rings. The van der Waals surface area contributed by atoms with Gasteiger partial charge in [-0.15, -0.1) is 5.10 Å². The van der Waals surface area contributed by atoms with Gasteiger partial charge in [0, 0.05) is 17.3 Å². The molecule has 0 bridgehead atoms. The number of benzene rings is 2. The Balaban J connectivity index is 1.76. The number of para-hydroxylation sites is 1. The monoisotopic (exact) mass is 363 g/mol. The van der Waals surface area contributed by atoms with Crippen LogP contribution in [0, 0.1) is 12.8 Å². The van der Waals surface area contributed by atoms with Crippen LogP contribution >= 0.6 is 0 Å². The molecule has 0 spiro atoms. The molecule has 3 rings (SSSR count). The Labute approximate surface area is 157 Å². The molecular formula is C20H21N5O2. The summed E-state index contributed by atoms with van der Waals surface area (Å²) in [6.07, 6.45) is 1.57. The van der Waals surface area contributed by atoms with Gasteiger partial charge in [-0.05, 0) is 36.8 Å². The third-order valence-electron chi connectivity index (χ3n) is 4.02. The number of anilines is 2. The summed E-state index contributed by atoms with van der Waals surface area (Å²) < 4.78 is 1.54. The van der Waals surface area contributed by atoms with E-state index in [0.29, 0.717) is 11.4 Å². The summed E-state index contributed by atoms with van der Waals surface area (Å²) in [7, 11) is 0. The lowest BCUT2D eigenvalue weighted by Crippen LogP contribution is -2.18. The largest absolute Gasteiger partial charge is 0.326 e. The molecule has 27 heavy (non-hydrogen) atoms. The minimum absolute atomic E-state index is 0.0815. The SMILES string of the molecule is Cc1ccc(NC(=O)C(C)C)cc1NC(=O)c1cn(-c2ccccc2)nn1. The van der Waals surface area contributed by atoms with Gasteiger partial charge < -0.3 is 10.6 Å². The smallest absolute Gasteiger partial charge is 0.277 e. The van der Waals surface area contributed by atoms with Crippen molar-refractivity contribution in [3.63, 3.8) is 0 Å². The number of hydrogen-bond acceptors (Lipinski definition) is 4.